The lowest BCUT2D eigenvalue weighted by atomic mass is 9.95. The fourth-order valence-electron chi connectivity index (χ4n) is 3.42. The van der Waals surface area contributed by atoms with Gasteiger partial charge in [0, 0.05) is 26.2 Å². The van der Waals surface area contributed by atoms with Crippen molar-refractivity contribution in [2.45, 2.75) is 46.2 Å². The number of hydrogen-bond acceptors (Lipinski definition) is 3. The number of nitrogens with two attached hydrogens (primary N) is 1. The van der Waals surface area contributed by atoms with Crippen molar-refractivity contribution < 1.29 is 4.79 Å². The van der Waals surface area contributed by atoms with Crippen LogP contribution in [0.3, 0.4) is 0 Å². The Morgan fingerprint density at radius 1 is 1.33 bits per heavy atom. The summed E-state index contributed by atoms with van der Waals surface area (Å²) in [6, 6.07) is 10.2. The lowest BCUT2D eigenvalue weighted by Crippen LogP contribution is -2.51. The molecule has 0 saturated carbocycles. The summed E-state index contributed by atoms with van der Waals surface area (Å²) in [7, 11) is 0. The van der Waals surface area contributed by atoms with Crippen LogP contribution in [0.15, 0.2) is 30.3 Å². The second-order valence-electron chi connectivity index (χ2n) is 7.38. The highest BCUT2D eigenvalue weighted by atomic mass is 16.2. The van der Waals surface area contributed by atoms with Crippen LogP contribution in [-0.4, -0.2) is 47.9 Å². The molecule has 1 aromatic carbocycles. The van der Waals surface area contributed by atoms with Crippen LogP contribution >= 0.6 is 0 Å². The Kier molecular flexibility index (Phi) is 7.25. The van der Waals surface area contributed by atoms with Gasteiger partial charge in [0.15, 0.2) is 0 Å². The number of piperidine rings is 1. The van der Waals surface area contributed by atoms with E-state index >= 15 is 0 Å². The number of nitrogens with zero attached hydrogens (tertiary/aromatic N) is 2. The molecule has 1 fully saturated rings. The van der Waals surface area contributed by atoms with E-state index in [0.717, 1.165) is 39.1 Å². The highest BCUT2D eigenvalue weighted by molar-refractivity contribution is 5.82. The average Bonchev–Trinajstić information content (AvgIpc) is 2.61. The van der Waals surface area contributed by atoms with E-state index in [1.807, 2.05) is 18.7 Å². The fraction of sp³-hybridized carbons (Fsp3) is 0.650. The largest absolute Gasteiger partial charge is 0.341 e. The molecule has 0 bridgehead atoms. The first-order chi connectivity index (χ1) is 11.5. The maximum Gasteiger partial charge on any atom is 0.239 e. The van der Waals surface area contributed by atoms with Gasteiger partial charge in [0.05, 0.1) is 6.04 Å². The van der Waals surface area contributed by atoms with Crippen molar-refractivity contribution in [3.05, 3.63) is 35.9 Å². The number of hydrogen-bond donors (Lipinski definition) is 1. The number of carbonyl (C=O) groups is 1. The molecule has 2 rings (SSSR count). The summed E-state index contributed by atoms with van der Waals surface area (Å²) >= 11 is 0. The Bertz CT molecular complexity index is 503. The lowest BCUT2D eigenvalue weighted by molar-refractivity contribution is -0.135. The molecule has 0 aliphatic carbocycles. The third-order valence-corrected chi connectivity index (χ3v) is 5.05. The molecule has 0 aromatic heterocycles. The van der Waals surface area contributed by atoms with Crippen molar-refractivity contribution in [3.63, 3.8) is 0 Å². The summed E-state index contributed by atoms with van der Waals surface area (Å²) in [6.07, 6.45) is 2.29. The highest BCUT2D eigenvalue weighted by Crippen LogP contribution is 2.20. The molecule has 0 radical (unpaired) electrons. The molecule has 1 amide bonds. The highest BCUT2D eigenvalue weighted by Gasteiger charge is 2.29. The van der Waals surface area contributed by atoms with Crippen LogP contribution in [-0.2, 0) is 11.3 Å². The van der Waals surface area contributed by atoms with Crippen molar-refractivity contribution in [2.24, 2.45) is 17.6 Å². The van der Waals surface area contributed by atoms with Gasteiger partial charge in [-0.2, -0.15) is 0 Å². The quantitative estimate of drug-likeness (QED) is 0.836. The first-order valence-electron chi connectivity index (χ1n) is 9.32. The molecule has 1 aromatic rings. The maximum atomic E-state index is 12.5. The van der Waals surface area contributed by atoms with Gasteiger partial charge in [-0.05, 0) is 36.8 Å². The molecule has 0 unspecified atom stereocenters. The van der Waals surface area contributed by atoms with Crippen LogP contribution < -0.4 is 5.73 Å². The minimum atomic E-state index is -0.365. The SMILES string of the molecule is CCN(Cc1ccccc1)C[C@H]1CCCN(C(=O)[C@@H](N)C(C)C)C1. The smallest absolute Gasteiger partial charge is 0.239 e. The summed E-state index contributed by atoms with van der Waals surface area (Å²) in [4.78, 5) is 17.0. The van der Waals surface area contributed by atoms with Gasteiger partial charge in [-0.15, -0.1) is 0 Å². The lowest BCUT2D eigenvalue weighted by Gasteiger charge is -2.37. The van der Waals surface area contributed by atoms with E-state index < -0.39 is 0 Å². The molecular weight excluding hydrogens is 298 g/mol. The van der Waals surface area contributed by atoms with Crippen LogP contribution in [0.4, 0.5) is 0 Å². The van der Waals surface area contributed by atoms with E-state index in [2.05, 4.69) is 42.2 Å². The minimum absolute atomic E-state index is 0.126. The van der Waals surface area contributed by atoms with Crippen LogP contribution in [0.2, 0.25) is 0 Å². The Hall–Kier alpha value is -1.39. The van der Waals surface area contributed by atoms with Crippen LogP contribution in [0.1, 0.15) is 39.2 Å². The first-order valence-corrected chi connectivity index (χ1v) is 9.32. The van der Waals surface area contributed by atoms with Crippen molar-refractivity contribution in [1.82, 2.24) is 9.80 Å². The molecule has 24 heavy (non-hydrogen) atoms. The molecule has 2 N–H and O–H groups in total. The zero-order valence-corrected chi connectivity index (χ0v) is 15.4. The predicted octanol–water partition coefficient (Wildman–Crippen LogP) is 2.73. The molecule has 134 valence electrons. The zero-order valence-electron chi connectivity index (χ0n) is 15.4. The van der Waals surface area contributed by atoms with Crippen molar-refractivity contribution in [1.29, 1.82) is 0 Å². The van der Waals surface area contributed by atoms with Gasteiger partial charge in [-0.25, -0.2) is 0 Å². The molecule has 1 heterocycles. The number of amides is 1. The Morgan fingerprint density at radius 2 is 2.04 bits per heavy atom. The van der Waals surface area contributed by atoms with Gasteiger partial charge in [-0.3, -0.25) is 9.69 Å². The van der Waals surface area contributed by atoms with E-state index in [9.17, 15) is 4.79 Å². The van der Waals surface area contributed by atoms with Crippen LogP contribution in [0.5, 0.6) is 0 Å². The maximum absolute atomic E-state index is 12.5. The molecular formula is C20H33N3O. The molecule has 4 heteroatoms. The molecule has 0 spiro atoms. The van der Waals surface area contributed by atoms with Crippen molar-refractivity contribution in [3.8, 4) is 0 Å². The molecule has 1 aliphatic heterocycles. The van der Waals surface area contributed by atoms with Gasteiger partial charge in [0.1, 0.15) is 0 Å². The molecule has 2 atom stereocenters. The van der Waals surface area contributed by atoms with E-state index in [4.69, 9.17) is 5.73 Å². The van der Waals surface area contributed by atoms with Gasteiger partial charge >= 0.3 is 0 Å². The van der Waals surface area contributed by atoms with Crippen LogP contribution in [0, 0.1) is 11.8 Å². The van der Waals surface area contributed by atoms with Gasteiger partial charge < -0.3 is 10.6 Å². The van der Waals surface area contributed by atoms with Gasteiger partial charge in [0.2, 0.25) is 5.91 Å². The fourth-order valence-corrected chi connectivity index (χ4v) is 3.42. The number of rotatable bonds is 7. The molecule has 1 saturated heterocycles. The van der Waals surface area contributed by atoms with E-state index in [0.29, 0.717) is 5.92 Å². The predicted molar refractivity (Wildman–Crippen MR) is 99.5 cm³/mol. The van der Waals surface area contributed by atoms with E-state index in [1.54, 1.807) is 0 Å². The number of carbonyl (C=O) groups excluding carboxylic acids is 1. The third kappa shape index (κ3) is 5.32. The number of benzene rings is 1. The second kappa shape index (κ2) is 9.19. The zero-order chi connectivity index (χ0) is 17.5. The van der Waals surface area contributed by atoms with Gasteiger partial charge in [0.25, 0.3) is 0 Å². The van der Waals surface area contributed by atoms with Crippen molar-refractivity contribution in [2.75, 3.05) is 26.2 Å². The Morgan fingerprint density at radius 3 is 2.67 bits per heavy atom. The summed E-state index contributed by atoms with van der Waals surface area (Å²) in [6.45, 7) is 11.0. The van der Waals surface area contributed by atoms with Crippen molar-refractivity contribution >= 4 is 5.91 Å². The first kappa shape index (κ1) is 18.9. The van der Waals surface area contributed by atoms with Crippen LogP contribution in [0.25, 0.3) is 0 Å². The summed E-state index contributed by atoms with van der Waals surface area (Å²) in [5.74, 6) is 0.870. The average molecular weight is 332 g/mol. The minimum Gasteiger partial charge on any atom is -0.341 e. The topological polar surface area (TPSA) is 49.6 Å². The Labute approximate surface area is 147 Å². The second-order valence-corrected chi connectivity index (χ2v) is 7.38. The normalized spacial score (nSPS) is 19.8. The molecule has 4 nitrogen and oxygen atoms in total. The van der Waals surface area contributed by atoms with E-state index in [-0.39, 0.29) is 17.9 Å². The van der Waals surface area contributed by atoms with E-state index in [1.165, 1.54) is 12.0 Å². The Balaban J connectivity index is 1.90. The summed E-state index contributed by atoms with van der Waals surface area (Å²) < 4.78 is 0. The van der Waals surface area contributed by atoms with Gasteiger partial charge in [-0.1, -0.05) is 51.1 Å². The third-order valence-electron chi connectivity index (χ3n) is 5.05. The summed E-state index contributed by atoms with van der Waals surface area (Å²) in [5.41, 5.74) is 7.42. The standard InChI is InChI=1S/C20H33N3O/c1-4-22(13-17-9-6-5-7-10-17)14-18-11-8-12-23(15-18)20(24)19(21)16(2)3/h5-7,9-10,16,18-19H,4,8,11-15,21H2,1-3H3/t18-,19+/m1/s1. The monoisotopic (exact) mass is 331 g/mol. The molecule has 1 aliphatic rings. The number of likely N-dealkylation sites (tertiary alicyclic amines) is 1. The summed E-state index contributed by atoms with van der Waals surface area (Å²) in [5, 5.41) is 0.